The molecule has 0 saturated carbocycles. The lowest BCUT2D eigenvalue weighted by molar-refractivity contribution is -0.575. The fraction of sp³-hybridized carbons (Fsp3) is 0.308. The number of Topliss-reactive ketones (excluding diaryl/α,β-unsaturated/α-hetero) is 3. The maximum absolute atomic E-state index is 11.6. The van der Waals surface area contributed by atoms with Gasteiger partial charge in [-0.3, -0.25) is 14.4 Å². The van der Waals surface area contributed by atoms with Crippen LogP contribution in [0, 0.1) is 0 Å². The Kier molecular flexibility index (Phi) is 3.86. The van der Waals surface area contributed by atoms with E-state index in [9.17, 15) is 19.2 Å². The van der Waals surface area contributed by atoms with Gasteiger partial charge in [-0.25, -0.2) is 4.79 Å². The van der Waals surface area contributed by atoms with Crippen LogP contribution in [0.2, 0.25) is 0 Å². The van der Waals surface area contributed by atoms with Crippen molar-refractivity contribution in [3.8, 4) is 0 Å². The van der Waals surface area contributed by atoms with E-state index < -0.39 is 17.5 Å². The molecule has 18 heavy (non-hydrogen) atoms. The fourth-order valence-electron chi connectivity index (χ4n) is 1.81. The molecule has 1 aromatic rings. The Bertz CT molecular complexity index is 522. The Hall–Kier alpha value is -2.17. The van der Waals surface area contributed by atoms with Crippen LogP contribution in [0.5, 0.6) is 0 Å². The summed E-state index contributed by atoms with van der Waals surface area (Å²) in [5.41, 5.74) is 0.126. The molecule has 0 amide bonds. The highest BCUT2D eigenvalue weighted by Crippen LogP contribution is 2.14. The van der Waals surface area contributed by atoms with Gasteiger partial charge in [-0.05, 0) is 13.8 Å². The van der Waals surface area contributed by atoms with Gasteiger partial charge in [0.1, 0.15) is 5.56 Å². The Morgan fingerprint density at radius 1 is 0.889 bits per heavy atom. The number of rotatable bonds is 3. The van der Waals surface area contributed by atoms with Crippen molar-refractivity contribution in [1.82, 2.24) is 0 Å². The SMILES string of the molecule is CC(=O)c1cc[n+](C(C)=O)c(C(C)=O)c1C(C)=O. The number of pyridine rings is 1. The molecular formula is C13H14NO4+. The molecule has 0 N–H and O–H groups in total. The number of hydrogen-bond acceptors (Lipinski definition) is 4. The van der Waals surface area contributed by atoms with Crippen LogP contribution in [0.3, 0.4) is 0 Å². The first kappa shape index (κ1) is 13.9. The Morgan fingerprint density at radius 2 is 1.44 bits per heavy atom. The second-order valence-corrected chi connectivity index (χ2v) is 4.01. The molecule has 0 fully saturated rings. The van der Waals surface area contributed by atoms with Crippen molar-refractivity contribution in [3.63, 3.8) is 0 Å². The van der Waals surface area contributed by atoms with Crippen molar-refractivity contribution >= 4 is 23.3 Å². The summed E-state index contributed by atoms with van der Waals surface area (Å²) in [5, 5.41) is 0. The van der Waals surface area contributed by atoms with Gasteiger partial charge in [-0.2, -0.15) is 0 Å². The van der Waals surface area contributed by atoms with Crippen molar-refractivity contribution in [3.05, 3.63) is 29.1 Å². The molecule has 0 radical (unpaired) electrons. The van der Waals surface area contributed by atoms with Crippen molar-refractivity contribution in [2.75, 3.05) is 0 Å². The van der Waals surface area contributed by atoms with Crippen LogP contribution in [-0.2, 0) is 0 Å². The maximum atomic E-state index is 11.6. The Labute approximate surface area is 104 Å². The molecule has 0 aliphatic heterocycles. The summed E-state index contributed by atoms with van der Waals surface area (Å²) in [4.78, 5) is 46.2. The topological polar surface area (TPSA) is 72.2 Å². The summed E-state index contributed by atoms with van der Waals surface area (Å²) in [6, 6.07) is 1.38. The normalized spacial score (nSPS) is 10.0. The summed E-state index contributed by atoms with van der Waals surface area (Å²) in [6.45, 7) is 5.11. The molecule has 1 rings (SSSR count). The minimum atomic E-state index is -0.432. The minimum Gasteiger partial charge on any atom is -0.294 e. The van der Waals surface area contributed by atoms with Gasteiger partial charge in [-0.1, -0.05) is 0 Å². The van der Waals surface area contributed by atoms with Crippen LogP contribution in [0.25, 0.3) is 0 Å². The molecule has 0 unspecified atom stereocenters. The van der Waals surface area contributed by atoms with Crippen molar-refractivity contribution in [1.29, 1.82) is 0 Å². The fourth-order valence-corrected chi connectivity index (χ4v) is 1.81. The molecule has 0 aliphatic rings. The predicted octanol–water partition coefficient (Wildman–Crippen LogP) is 1.24. The molecule has 94 valence electrons. The van der Waals surface area contributed by atoms with Crippen LogP contribution < -0.4 is 4.57 Å². The molecule has 1 aromatic heterocycles. The molecular weight excluding hydrogens is 234 g/mol. The van der Waals surface area contributed by atoms with E-state index in [-0.39, 0.29) is 22.6 Å². The summed E-state index contributed by atoms with van der Waals surface area (Å²) in [5.74, 6) is -1.56. The largest absolute Gasteiger partial charge is 0.389 e. The van der Waals surface area contributed by atoms with E-state index >= 15 is 0 Å². The van der Waals surface area contributed by atoms with E-state index in [0.717, 1.165) is 4.57 Å². The molecule has 1 heterocycles. The van der Waals surface area contributed by atoms with E-state index in [1.807, 2.05) is 0 Å². The standard InChI is InChI=1S/C13H14NO4/c1-7(15)11-5-6-14(10(4)18)13(9(3)17)12(11)8(2)16/h5-6H,1-4H3/q+1. The van der Waals surface area contributed by atoms with Crippen molar-refractivity contribution < 1.29 is 23.7 Å². The molecule has 0 aliphatic carbocycles. The van der Waals surface area contributed by atoms with Crippen LogP contribution in [0.4, 0.5) is 0 Å². The van der Waals surface area contributed by atoms with Crippen LogP contribution in [0.15, 0.2) is 12.3 Å². The maximum Gasteiger partial charge on any atom is 0.389 e. The molecule has 0 saturated heterocycles. The number of hydrogen-bond donors (Lipinski definition) is 0. The molecule has 0 aromatic carbocycles. The lowest BCUT2D eigenvalue weighted by atomic mass is 9.98. The molecule has 5 nitrogen and oxygen atoms in total. The van der Waals surface area contributed by atoms with Crippen LogP contribution in [-0.4, -0.2) is 23.3 Å². The third-order valence-corrected chi connectivity index (χ3v) is 2.54. The van der Waals surface area contributed by atoms with Crippen LogP contribution >= 0.6 is 0 Å². The number of ketones is 3. The van der Waals surface area contributed by atoms with E-state index in [4.69, 9.17) is 0 Å². The summed E-state index contributed by atoms with van der Waals surface area (Å²) < 4.78 is 1.09. The van der Waals surface area contributed by atoms with E-state index in [1.54, 1.807) is 0 Å². The molecule has 0 atom stereocenters. The zero-order valence-corrected chi connectivity index (χ0v) is 10.7. The average molecular weight is 248 g/mol. The third kappa shape index (κ3) is 2.40. The first-order valence-corrected chi connectivity index (χ1v) is 5.39. The van der Waals surface area contributed by atoms with E-state index in [1.165, 1.54) is 40.0 Å². The second-order valence-electron chi connectivity index (χ2n) is 4.01. The first-order chi connectivity index (χ1) is 8.27. The first-order valence-electron chi connectivity index (χ1n) is 5.39. The minimum absolute atomic E-state index is 0.00713. The molecule has 5 heteroatoms. The number of aromatic nitrogens is 1. The van der Waals surface area contributed by atoms with Crippen molar-refractivity contribution in [2.45, 2.75) is 27.7 Å². The van der Waals surface area contributed by atoms with Gasteiger partial charge in [0.15, 0.2) is 17.8 Å². The number of carbonyl (C=O) groups is 4. The monoisotopic (exact) mass is 248 g/mol. The lowest BCUT2D eigenvalue weighted by Gasteiger charge is -2.06. The van der Waals surface area contributed by atoms with Crippen molar-refractivity contribution in [2.24, 2.45) is 0 Å². The lowest BCUT2D eigenvalue weighted by Crippen LogP contribution is -2.47. The zero-order chi connectivity index (χ0) is 14.0. The van der Waals surface area contributed by atoms with Crippen LogP contribution in [0.1, 0.15) is 63.7 Å². The summed E-state index contributed by atoms with van der Waals surface area (Å²) >= 11 is 0. The third-order valence-electron chi connectivity index (χ3n) is 2.54. The highest BCUT2D eigenvalue weighted by atomic mass is 16.2. The molecule has 0 bridgehead atoms. The Balaban J connectivity index is 3.82. The number of nitrogens with zero attached hydrogens (tertiary/aromatic N) is 1. The zero-order valence-electron chi connectivity index (χ0n) is 10.7. The van der Waals surface area contributed by atoms with Gasteiger partial charge in [-0.15, -0.1) is 4.57 Å². The van der Waals surface area contributed by atoms with Gasteiger partial charge in [0, 0.05) is 18.6 Å². The van der Waals surface area contributed by atoms with Gasteiger partial charge in [0.25, 0.3) is 5.69 Å². The summed E-state index contributed by atoms with van der Waals surface area (Å²) in [7, 11) is 0. The quantitative estimate of drug-likeness (QED) is 0.596. The average Bonchev–Trinajstić information content (AvgIpc) is 2.26. The highest BCUT2D eigenvalue weighted by Gasteiger charge is 2.30. The predicted molar refractivity (Wildman–Crippen MR) is 63.0 cm³/mol. The van der Waals surface area contributed by atoms with Gasteiger partial charge >= 0.3 is 5.91 Å². The summed E-state index contributed by atoms with van der Waals surface area (Å²) in [6.07, 6.45) is 1.34. The van der Waals surface area contributed by atoms with Gasteiger partial charge < -0.3 is 0 Å². The molecule has 0 spiro atoms. The number of carbonyl (C=O) groups excluding carboxylic acids is 4. The smallest absolute Gasteiger partial charge is 0.294 e. The van der Waals surface area contributed by atoms with E-state index in [0.29, 0.717) is 0 Å². The Morgan fingerprint density at radius 3 is 1.78 bits per heavy atom. The highest BCUT2D eigenvalue weighted by molar-refractivity contribution is 6.12. The van der Waals surface area contributed by atoms with Gasteiger partial charge in [0.05, 0.1) is 6.92 Å². The second kappa shape index (κ2) is 5.00. The van der Waals surface area contributed by atoms with E-state index in [2.05, 4.69) is 0 Å². The van der Waals surface area contributed by atoms with Gasteiger partial charge in [0.2, 0.25) is 5.78 Å².